The standard InChI is InChI=1S/C16H10BrFO2S/c1-20-16(19)10-4-7-12-13(8-10)21-15(17)14(12)9-2-5-11(18)6-3-9/h2-8H,1H3. The number of hydrogen-bond acceptors (Lipinski definition) is 3. The van der Waals surface area contributed by atoms with E-state index in [-0.39, 0.29) is 11.8 Å². The molecular weight excluding hydrogens is 355 g/mol. The van der Waals surface area contributed by atoms with Crippen molar-refractivity contribution in [2.75, 3.05) is 7.11 Å². The predicted octanol–water partition coefficient (Wildman–Crippen LogP) is 5.26. The van der Waals surface area contributed by atoms with Gasteiger partial charge in [-0.25, -0.2) is 9.18 Å². The minimum Gasteiger partial charge on any atom is -0.465 e. The second-order valence-electron chi connectivity index (χ2n) is 4.46. The molecule has 0 aliphatic carbocycles. The minimum absolute atomic E-state index is 0.262. The molecule has 0 N–H and O–H groups in total. The third-order valence-electron chi connectivity index (χ3n) is 3.20. The van der Waals surface area contributed by atoms with Crippen molar-refractivity contribution in [3.63, 3.8) is 0 Å². The molecule has 3 rings (SSSR count). The van der Waals surface area contributed by atoms with E-state index < -0.39 is 0 Å². The van der Waals surface area contributed by atoms with Crippen LogP contribution in [0.25, 0.3) is 21.2 Å². The lowest BCUT2D eigenvalue weighted by molar-refractivity contribution is 0.0601. The maximum atomic E-state index is 13.1. The fourth-order valence-electron chi connectivity index (χ4n) is 2.20. The molecule has 0 aliphatic heterocycles. The molecule has 21 heavy (non-hydrogen) atoms. The van der Waals surface area contributed by atoms with Gasteiger partial charge >= 0.3 is 5.97 Å². The highest BCUT2D eigenvalue weighted by atomic mass is 79.9. The average Bonchev–Trinajstić information content (AvgIpc) is 2.82. The van der Waals surface area contributed by atoms with E-state index in [1.54, 1.807) is 18.2 Å². The summed E-state index contributed by atoms with van der Waals surface area (Å²) in [7, 11) is 1.36. The number of rotatable bonds is 2. The molecule has 2 nitrogen and oxygen atoms in total. The Bertz CT molecular complexity index is 824. The monoisotopic (exact) mass is 364 g/mol. The first kappa shape index (κ1) is 14.2. The van der Waals surface area contributed by atoms with Gasteiger partial charge in [-0.3, -0.25) is 0 Å². The minimum atomic E-state index is -0.357. The van der Waals surface area contributed by atoms with Crippen LogP contribution in [-0.2, 0) is 4.74 Å². The van der Waals surface area contributed by atoms with Crippen molar-refractivity contribution in [3.8, 4) is 11.1 Å². The Morgan fingerprint density at radius 2 is 1.90 bits per heavy atom. The first-order valence-electron chi connectivity index (χ1n) is 6.16. The zero-order valence-corrected chi connectivity index (χ0v) is 13.4. The molecular formula is C16H10BrFO2S. The summed E-state index contributed by atoms with van der Waals surface area (Å²) in [5.41, 5.74) is 2.45. The van der Waals surface area contributed by atoms with Crippen LogP contribution in [0, 0.1) is 5.82 Å². The molecule has 0 fully saturated rings. The first-order chi connectivity index (χ1) is 10.1. The number of methoxy groups -OCH3 is 1. The number of ether oxygens (including phenoxy) is 1. The van der Waals surface area contributed by atoms with Crippen molar-refractivity contribution in [1.29, 1.82) is 0 Å². The van der Waals surface area contributed by atoms with E-state index in [0.717, 1.165) is 25.0 Å². The van der Waals surface area contributed by atoms with Crippen molar-refractivity contribution in [2.45, 2.75) is 0 Å². The fourth-order valence-corrected chi connectivity index (χ4v) is 4.15. The van der Waals surface area contributed by atoms with Gasteiger partial charge in [0.15, 0.2) is 0 Å². The first-order valence-corrected chi connectivity index (χ1v) is 7.77. The van der Waals surface area contributed by atoms with Gasteiger partial charge in [0.1, 0.15) is 5.82 Å². The second kappa shape index (κ2) is 5.58. The van der Waals surface area contributed by atoms with Gasteiger partial charge in [0.25, 0.3) is 0 Å². The highest BCUT2D eigenvalue weighted by Gasteiger charge is 2.14. The van der Waals surface area contributed by atoms with E-state index in [1.165, 1.54) is 30.6 Å². The number of hydrogen-bond donors (Lipinski definition) is 0. The maximum Gasteiger partial charge on any atom is 0.337 e. The number of thiophene rings is 1. The van der Waals surface area contributed by atoms with Gasteiger partial charge in [-0.15, -0.1) is 11.3 Å². The van der Waals surface area contributed by atoms with E-state index in [9.17, 15) is 9.18 Å². The van der Waals surface area contributed by atoms with E-state index in [0.29, 0.717) is 5.56 Å². The van der Waals surface area contributed by atoms with E-state index in [2.05, 4.69) is 15.9 Å². The van der Waals surface area contributed by atoms with Gasteiger partial charge in [-0.05, 0) is 45.8 Å². The van der Waals surface area contributed by atoms with E-state index >= 15 is 0 Å². The average molecular weight is 365 g/mol. The lowest BCUT2D eigenvalue weighted by Crippen LogP contribution is -1.99. The molecule has 0 radical (unpaired) electrons. The van der Waals surface area contributed by atoms with Crippen molar-refractivity contribution >= 4 is 43.3 Å². The summed E-state index contributed by atoms with van der Waals surface area (Å²) in [6.45, 7) is 0. The van der Waals surface area contributed by atoms with Crippen LogP contribution in [0.5, 0.6) is 0 Å². The third-order valence-corrected chi connectivity index (χ3v) is 5.02. The lowest BCUT2D eigenvalue weighted by Gasteiger charge is -2.02. The van der Waals surface area contributed by atoms with Crippen molar-refractivity contribution in [3.05, 3.63) is 57.6 Å². The molecule has 5 heteroatoms. The molecule has 0 amide bonds. The molecule has 2 aromatic carbocycles. The summed E-state index contributed by atoms with van der Waals surface area (Å²) >= 11 is 5.09. The van der Waals surface area contributed by atoms with Crippen molar-refractivity contribution in [1.82, 2.24) is 0 Å². The lowest BCUT2D eigenvalue weighted by atomic mass is 10.0. The molecule has 0 saturated carbocycles. The van der Waals surface area contributed by atoms with Crippen molar-refractivity contribution in [2.24, 2.45) is 0 Å². The number of benzene rings is 2. The summed E-state index contributed by atoms with van der Waals surface area (Å²) in [6.07, 6.45) is 0. The third kappa shape index (κ3) is 2.59. The SMILES string of the molecule is COC(=O)c1ccc2c(-c3ccc(F)cc3)c(Br)sc2c1. The van der Waals surface area contributed by atoms with Crippen LogP contribution in [0.15, 0.2) is 46.3 Å². The highest BCUT2D eigenvalue weighted by Crippen LogP contribution is 2.42. The van der Waals surface area contributed by atoms with E-state index in [4.69, 9.17) is 4.74 Å². The van der Waals surface area contributed by atoms with Gasteiger partial charge in [0.05, 0.1) is 16.5 Å². The van der Waals surface area contributed by atoms with E-state index in [1.807, 2.05) is 12.1 Å². The molecule has 1 heterocycles. The normalized spacial score (nSPS) is 10.8. The maximum absolute atomic E-state index is 13.1. The van der Waals surface area contributed by atoms with Gasteiger partial charge in [0, 0.05) is 15.6 Å². The number of fused-ring (bicyclic) bond motifs is 1. The fraction of sp³-hybridized carbons (Fsp3) is 0.0625. The Balaban J connectivity index is 2.18. The molecule has 0 bridgehead atoms. The Morgan fingerprint density at radius 3 is 2.57 bits per heavy atom. The zero-order chi connectivity index (χ0) is 15.0. The zero-order valence-electron chi connectivity index (χ0n) is 11.0. The smallest absolute Gasteiger partial charge is 0.337 e. The number of halogens is 2. The number of carbonyl (C=O) groups excluding carboxylic acids is 1. The van der Waals surface area contributed by atoms with Gasteiger partial charge in [-0.2, -0.15) is 0 Å². The van der Waals surface area contributed by atoms with Crippen LogP contribution >= 0.6 is 27.3 Å². The van der Waals surface area contributed by atoms with Gasteiger partial charge in [0.2, 0.25) is 0 Å². The highest BCUT2D eigenvalue weighted by molar-refractivity contribution is 9.11. The summed E-state index contributed by atoms with van der Waals surface area (Å²) < 4.78 is 19.7. The van der Waals surface area contributed by atoms with Crippen LogP contribution in [0.1, 0.15) is 10.4 Å². The predicted molar refractivity (Wildman–Crippen MR) is 86.3 cm³/mol. The molecule has 106 valence electrons. The Kier molecular flexibility index (Phi) is 3.78. The van der Waals surface area contributed by atoms with Crippen LogP contribution in [-0.4, -0.2) is 13.1 Å². The quantitative estimate of drug-likeness (QED) is 0.580. The molecule has 0 saturated heterocycles. The summed E-state index contributed by atoms with van der Waals surface area (Å²) in [6, 6.07) is 11.8. The summed E-state index contributed by atoms with van der Waals surface area (Å²) in [5.74, 6) is -0.618. The van der Waals surface area contributed by atoms with Crippen LogP contribution in [0.3, 0.4) is 0 Å². The molecule has 0 aliphatic rings. The molecule has 0 unspecified atom stereocenters. The van der Waals surface area contributed by atoms with Gasteiger partial charge < -0.3 is 4.74 Å². The van der Waals surface area contributed by atoms with Crippen LogP contribution in [0.4, 0.5) is 4.39 Å². The molecule has 3 aromatic rings. The summed E-state index contributed by atoms with van der Waals surface area (Å²) in [5, 5.41) is 1.02. The molecule has 0 atom stereocenters. The Hall–Kier alpha value is -1.72. The Morgan fingerprint density at radius 1 is 1.19 bits per heavy atom. The number of esters is 1. The molecule has 1 aromatic heterocycles. The number of carbonyl (C=O) groups is 1. The second-order valence-corrected chi connectivity index (χ2v) is 6.83. The van der Waals surface area contributed by atoms with Crippen LogP contribution < -0.4 is 0 Å². The van der Waals surface area contributed by atoms with Crippen LogP contribution in [0.2, 0.25) is 0 Å². The van der Waals surface area contributed by atoms with Crippen molar-refractivity contribution < 1.29 is 13.9 Å². The Labute approximate surface area is 133 Å². The van der Waals surface area contributed by atoms with Gasteiger partial charge in [-0.1, -0.05) is 18.2 Å². The summed E-state index contributed by atoms with van der Waals surface area (Å²) in [4.78, 5) is 11.6. The topological polar surface area (TPSA) is 26.3 Å². The largest absolute Gasteiger partial charge is 0.465 e. The molecule has 0 spiro atoms.